The highest BCUT2D eigenvalue weighted by molar-refractivity contribution is 5.81. The summed E-state index contributed by atoms with van der Waals surface area (Å²) >= 11 is 0. The minimum absolute atomic E-state index is 0.331. The largest absolute Gasteiger partial charge is 0.388 e. The van der Waals surface area contributed by atoms with Gasteiger partial charge in [0.15, 0.2) is 0 Å². The van der Waals surface area contributed by atoms with Gasteiger partial charge in [-0.3, -0.25) is 4.79 Å². The van der Waals surface area contributed by atoms with E-state index >= 15 is 0 Å². The Balaban J connectivity index is 0.00000121. The Bertz CT molecular complexity index is 345. The van der Waals surface area contributed by atoms with Gasteiger partial charge in [0.2, 0.25) is 0 Å². The highest BCUT2D eigenvalue weighted by Crippen LogP contribution is 2.15. The van der Waals surface area contributed by atoms with E-state index in [4.69, 9.17) is 0 Å². The summed E-state index contributed by atoms with van der Waals surface area (Å²) < 4.78 is 0. The molecule has 0 saturated heterocycles. The van der Waals surface area contributed by atoms with Gasteiger partial charge in [-0.25, -0.2) is 0 Å². The third kappa shape index (κ3) is 5.53. The molecule has 0 spiro atoms. The summed E-state index contributed by atoms with van der Waals surface area (Å²) in [6, 6.07) is 6.13. The third-order valence-electron chi connectivity index (χ3n) is 2.55. The fourth-order valence-electron chi connectivity index (χ4n) is 1.63. The van der Waals surface area contributed by atoms with Crippen molar-refractivity contribution in [2.45, 2.75) is 47.0 Å². The highest BCUT2D eigenvalue weighted by atomic mass is 16.1. The molecule has 0 fully saturated rings. The van der Waals surface area contributed by atoms with Gasteiger partial charge in [0.05, 0.1) is 0 Å². The highest BCUT2D eigenvalue weighted by Gasteiger charge is 2.05. The molecule has 0 aliphatic rings. The second-order valence-corrected chi connectivity index (χ2v) is 3.86. The molecule has 0 aliphatic carbocycles. The fraction of sp³-hybridized carbons (Fsp3) is 0.533. The van der Waals surface area contributed by atoms with E-state index in [2.05, 4.69) is 18.3 Å². The Morgan fingerprint density at radius 2 is 1.94 bits per heavy atom. The zero-order valence-corrected chi connectivity index (χ0v) is 11.8. The van der Waals surface area contributed by atoms with E-state index in [0.29, 0.717) is 18.6 Å². The van der Waals surface area contributed by atoms with Crippen molar-refractivity contribution in [3.05, 3.63) is 29.3 Å². The molecule has 96 valence electrons. The van der Waals surface area contributed by atoms with Crippen molar-refractivity contribution in [1.29, 1.82) is 0 Å². The molecule has 0 aromatic heterocycles. The van der Waals surface area contributed by atoms with Gasteiger partial charge >= 0.3 is 0 Å². The van der Waals surface area contributed by atoms with Gasteiger partial charge in [-0.05, 0) is 36.6 Å². The number of aryl methyl sites for hydroxylation is 1. The third-order valence-corrected chi connectivity index (χ3v) is 2.55. The zero-order valence-electron chi connectivity index (χ0n) is 11.8. The maximum absolute atomic E-state index is 11.5. The minimum Gasteiger partial charge on any atom is -0.388 e. The van der Waals surface area contributed by atoms with E-state index in [1.54, 1.807) is 0 Å². The SMILES string of the molecule is CC.CCCC(=O)Cc1ccc(NC)cc1C. The molecule has 0 unspecified atom stereocenters. The predicted molar refractivity (Wildman–Crippen MR) is 75.7 cm³/mol. The first-order valence-electron chi connectivity index (χ1n) is 6.46. The standard InChI is InChI=1S/C13H19NO.C2H6/c1-4-5-13(15)9-11-6-7-12(14-3)8-10(11)2;1-2/h6-8,14H,4-5,9H2,1-3H3;1-2H3. The molecule has 0 amide bonds. The molecule has 2 nitrogen and oxygen atoms in total. The topological polar surface area (TPSA) is 29.1 Å². The first-order valence-corrected chi connectivity index (χ1v) is 6.46. The number of hydrogen-bond acceptors (Lipinski definition) is 2. The van der Waals surface area contributed by atoms with E-state index in [1.807, 2.05) is 40.0 Å². The van der Waals surface area contributed by atoms with Gasteiger partial charge in [-0.15, -0.1) is 0 Å². The Morgan fingerprint density at radius 1 is 1.29 bits per heavy atom. The molecule has 0 aliphatic heterocycles. The average molecular weight is 235 g/mol. The first kappa shape index (κ1) is 15.7. The Kier molecular flexibility index (Phi) is 8.12. The smallest absolute Gasteiger partial charge is 0.137 e. The lowest BCUT2D eigenvalue weighted by molar-refractivity contribution is -0.118. The molecule has 0 heterocycles. The van der Waals surface area contributed by atoms with Crippen molar-refractivity contribution >= 4 is 11.5 Å². The fourth-order valence-corrected chi connectivity index (χ4v) is 1.63. The lowest BCUT2D eigenvalue weighted by atomic mass is 10.0. The van der Waals surface area contributed by atoms with Crippen LogP contribution in [-0.4, -0.2) is 12.8 Å². The molecule has 0 bridgehead atoms. The summed E-state index contributed by atoms with van der Waals surface area (Å²) in [6.07, 6.45) is 2.20. The molecule has 0 atom stereocenters. The number of hydrogen-bond donors (Lipinski definition) is 1. The van der Waals surface area contributed by atoms with Gasteiger partial charge in [-0.2, -0.15) is 0 Å². The van der Waals surface area contributed by atoms with E-state index < -0.39 is 0 Å². The minimum atomic E-state index is 0.331. The maximum Gasteiger partial charge on any atom is 0.137 e. The van der Waals surface area contributed by atoms with Gasteiger partial charge in [0.1, 0.15) is 5.78 Å². The molecule has 0 radical (unpaired) electrons. The van der Waals surface area contributed by atoms with Crippen LogP contribution in [0.25, 0.3) is 0 Å². The quantitative estimate of drug-likeness (QED) is 0.836. The Morgan fingerprint density at radius 3 is 2.41 bits per heavy atom. The average Bonchev–Trinajstić information content (AvgIpc) is 2.34. The molecule has 1 rings (SSSR count). The van der Waals surface area contributed by atoms with Crippen LogP contribution in [0.4, 0.5) is 5.69 Å². The number of ketones is 1. The van der Waals surface area contributed by atoms with Crippen LogP contribution in [0.1, 0.15) is 44.7 Å². The van der Waals surface area contributed by atoms with Gasteiger partial charge < -0.3 is 5.32 Å². The van der Waals surface area contributed by atoms with Crippen LogP contribution in [0.5, 0.6) is 0 Å². The number of rotatable bonds is 5. The molecule has 1 aromatic rings. The monoisotopic (exact) mass is 235 g/mol. The van der Waals surface area contributed by atoms with Crippen LogP contribution in [0.2, 0.25) is 0 Å². The number of anilines is 1. The van der Waals surface area contributed by atoms with Crippen LogP contribution in [0, 0.1) is 6.92 Å². The number of benzene rings is 1. The van der Waals surface area contributed by atoms with Crippen LogP contribution in [0.15, 0.2) is 18.2 Å². The Hall–Kier alpha value is -1.31. The van der Waals surface area contributed by atoms with Crippen molar-refractivity contribution < 1.29 is 4.79 Å². The zero-order chi connectivity index (χ0) is 13.3. The van der Waals surface area contributed by atoms with Crippen LogP contribution >= 0.6 is 0 Å². The lowest BCUT2D eigenvalue weighted by Crippen LogP contribution is -2.03. The molecular weight excluding hydrogens is 210 g/mol. The lowest BCUT2D eigenvalue weighted by Gasteiger charge is -2.07. The molecule has 1 aromatic carbocycles. The predicted octanol–water partition coefficient (Wildman–Crippen LogP) is 3.97. The summed E-state index contributed by atoms with van der Waals surface area (Å²) in [5.41, 5.74) is 3.43. The second kappa shape index (κ2) is 8.80. The molecule has 1 N–H and O–H groups in total. The molecule has 0 saturated carbocycles. The van der Waals surface area contributed by atoms with Crippen LogP contribution in [-0.2, 0) is 11.2 Å². The van der Waals surface area contributed by atoms with E-state index in [1.165, 1.54) is 5.56 Å². The summed E-state index contributed by atoms with van der Waals surface area (Å²) in [5, 5.41) is 3.09. The summed E-state index contributed by atoms with van der Waals surface area (Å²) in [5.74, 6) is 0.331. The van der Waals surface area contributed by atoms with Gasteiger partial charge in [0, 0.05) is 25.6 Å². The normalized spacial score (nSPS) is 9.24. The molecule has 2 heteroatoms. The van der Waals surface area contributed by atoms with Crippen molar-refractivity contribution in [3.8, 4) is 0 Å². The van der Waals surface area contributed by atoms with Gasteiger partial charge in [0.25, 0.3) is 0 Å². The van der Waals surface area contributed by atoms with E-state index in [0.717, 1.165) is 17.7 Å². The van der Waals surface area contributed by atoms with Gasteiger partial charge in [-0.1, -0.05) is 26.8 Å². The summed E-state index contributed by atoms with van der Waals surface area (Å²) in [7, 11) is 1.90. The van der Waals surface area contributed by atoms with Crippen molar-refractivity contribution in [1.82, 2.24) is 0 Å². The molecule has 17 heavy (non-hydrogen) atoms. The summed E-state index contributed by atoms with van der Waals surface area (Å²) in [6.45, 7) is 8.09. The second-order valence-electron chi connectivity index (χ2n) is 3.86. The van der Waals surface area contributed by atoms with Crippen molar-refractivity contribution in [3.63, 3.8) is 0 Å². The van der Waals surface area contributed by atoms with E-state index in [9.17, 15) is 4.79 Å². The number of carbonyl (C=O) groups is 1. The van der Waals surface area contributed by atoms with Crippen molar-refractivity contribution in [2.24, 2.45) is 0 Å². The number of Topliss-reactive ketones (excluding diaryl/α,β-unsaturated/α-hetero) is 1. The molecular formula is C15H25NO. The number of carbonyl (C=O) groups excluding carboxylic acids is 1. The number of nitrogens with one attached hydrogen (secondary N) is 1. The van der Waals surface area contributed by atoms with Crippen LogP contribution in [0.3, 0.4) is 0 Å². The first-order chi connectivity index (χ1) is 8.17. The van der Waals surface area contributed by atoms with Crippen LogP contribution < -0.4 is 5.32 Å². The van der Waals surface area contributed by atoms with Crippen molar-refractivity contribution in [2.75, 3.05) is 12.4 Å². The summed E-state index contributed by atoms with van der Waals surface area (Å²) in [4.78, 5) is 11.5. The maximum atomic E-state index is 11.5. The Labute approximate surface area is 105 Å². The van der Waals surface area contributed by atoms with E-state index in [-0.39, 0.29) is 0 Å².